The van der Waals surface area contributed by atoms with Crippen molar-refractivity contribution in [2.45, 2.75) is 32.6 Å². The van der Waals surface area contributed by atoms with Gasteiger partial charge in [0.1, 0.15) is 5.69 Å². The van der Waals surface area contributed by atoms with Crippen molar-refractivity contribution >= 4 is 33.2 Å². The third kappa shape index (κ3) is 4.03. The largest absolute Gasteiger partial charge is 0.370 e. The Balaban J connectivity index is 1.39. The summed E-state index contributed by atoms with van der Waals surface area (Å²) >= 11 is 0. The Morgan fingerprint density at radius 2 is 1.80 bits per heavy atom. The monoisotopic (exact) mass is 463 g/mol. The van der Waals surface area contributed by atoms with Crippen LogP contribution in [0.4, 0.5) is 11.4 Å². The van der Waals surface area contributed by atoms with Crippen LogP contribution in [0, 0.1) is 0 Å². The molecule has 1 fully saturated rings. The average Bonchev–Trinajstić information content (AvgIpc) is 3.53. The summed E-state index contributed by atoms with van der Waals surface area (Å²) in [5, 5.41) is 13.5. The number of benzene rings is 1. The quantitative estimate of drug-likeness (QED) is 0.268. The molecule has 0 radical (unpaired) electrons. The molecule has 0 atom stereocenters. The average molecular weight is 464 g/mol. The van der Waals surface area contributed by atoms with Crippen LogP contribution < -0.4 is 10.2 Å². The third-order valence-electron chi connectivity index (χ3n) is 6.86. The van der Waals surface area contributed by atoms with Gasteiger partial charge in [0.25, 0.3) is 0 Å². The molecule has 7 heteroatoms. The highest BCUT2D eigenvalue weighted by Crippen LogP contribution is 2.35. The van der Waals surface area contributed by atoms with E-state index >= 15 is 0 Å². The lowest BCUT2D eigenvalue weighted by molar-refractivity contribution is 0.578. The summed E-state index contributed by atoms with van der Waals surface area (Å²) in [4.78, 5) is 15.0. The molecular weight excluding hydrogens is 434 g/mol. The number of rotatable bonds is 6. The molecule has 176 valence electrons. The van der Waals surface area contributed by atoms with Crippen LogP contribution in [0.2, 0.25) is 0 Å². The molecule has 35 heavy (non-hydrogen) atoms. The van der Waals surface area contributed by atoms with Gasteiger partial charge in [-0.3, -0.25) is 15.1 Å². The molecule has 1 saturated heterocycles. The zero-order chi connectivity index (χ0) is 23.8. The molecule has 0 bridgehead atoms. The minimum Gasteiger partial charge on any atom is -0.370 e. The highest BCUT2D eigenvalue weighted by molar-refractivity contribution is 6.00. The molecule has 3 N–H and O–H groups in total. The van der Waals surface area contributed by atoms with Crippen LogP contribution in [0.25, 0.3) is 44.3 Å². The van der Waals surface area contributed by atoms with Gasteiger partial charge >= 0.3 is 0 Å². The number of anilines is 2. The molecule has 7 nitrogen and oxygen atoms in total. The molecule has 6 rings (SSSR count). The Bertz CT molecular complexity index is 1520. The minimum absolute atomic E-state index is 0.869. The van der Waals surface area contributed by atoms with Crippen LogP contribution in [0.15, 0.2) is 67.4 Å². The van der Waals surface area contributed by atoms with Crippen molar-refractivity contribution in [3.8, 4) is 22.5 Å². The molecule has 0 spiro atoms. The van der Waals surface area contributed by atoms with Crippen LogP contribution >= 0.6 is 0 Å². The summed E-state index contributed by atoms with van der Waals surface area (Å²) in [5.74, 6) is 0. The second-order valence-corrected chi connectivity index (χ2v) is 9.23. The summed E-state index contributed by atoms with van der Waals surface area (Å²) in [6.45, 7) is 8.30. The molecule has 0 saturated carbocycles. The molecular formula is C28H29N7. The lowest BCUT2D eigenvalue weighted by Gasteiger charge is -2.28. The topological polar surface area (TPSA) is 85.5 Å². The van der Waals surface area contributed by atoms with E-state index in [2.05, 4.69) is 79.2 Å². The Morgan fingerprint density at radius 1 is 0.943 bits per heavy atom. The fourth-order valence-electron chi connectivity index (χ4n) is 4.91. The predicted molar refractivity (Wildman–Crippen MR) is 144 cm³/mol. The van der Waals surface area contributed by atoms with Crippen molar-refractivity contribution in [3.05, 3.63) is 67.4 Å². The molecule has 1 aliphatic heterocycles. The number of hydrogen-bond donors (Lipinski definition) is 3. The molecule has 0 aliphatic carbocycles. The molecule has 1 aromatic carbocycles. The molecule has 4 aromatic heterocycles. The lowest BCUT2D eigenvalue weighted by atomic mass is 10.0. The number of nitrogens with one attached hydrogen (secondary N) is 3. The van der Waals surface area contributed by atoms with E-state index in [1.165, 1.54) is 30.3 Å². The summed E-state index contributed by atoms with van der Waals surface area (Å²) < 4.78 is 0. The Morgan fingerprint density at radius 3 is 2.66 bits per heavy atom. The highest BCUT2D eigenvalue weighted by Gasteiger charge is 2.18. The summed E-state index contributed by atoms with van der Waals surface area (Å²) in [7, 11) is 0. The van der Waals surface area contributed by atoms with Crippen LogP contribution in [-0.2, 0) is 0 Å². The number of allylic oxidation sites excluding steroid dienone is 1. The molecule has 5 heterocycles. The molecule has 0 unspecified atom stereocenters. The first kappa shape index (κ1) is 21.4. The van der Waals surface area contributed by atoms with E-state index in [1.54, 1.807) is 0 Å². The normalized spacial score (nSPS) is 14.0. The maximum atomic E-state index is 4.68. The van der Waals surface area contributed by atoms with Crippen molar-refractivity contribution in [3.63, 3.8) is 0 Å². The standard InChI is InChI=1S/C28H29N7/c1-3-18(2)31-21-11-20(14-29-15-21)19-7-8-24-23(12-19)28(34-33-24)25-13-22-26(32-25)16-30-17-27(22)35-9-5-4-6-10-35/h7-8,11-17,31-32H,2-6,9-10H2,1H3,(H,33,34). The van der Waals surface area contributed by atoms with Crippen LogP contribution in [0.5, 0.6) is 0 Å². The van der Waals surface area contributed by atoms with Gasteiger partial charge in [-0.15, -0.1) is 0 Å². The van der Waals surface area contributed by atoms with Gasteiger partial charge in [0, 0.05) is 41.3 Å². The number of piperidine rings is 1. The van der Waals surface area contributed by atoms with Crippen molar-refractivity contribution in [2.24, 2.45) is 0 Å². The number of hydrogen-bond acceptors (Lipinski definition) is 5. The van der Waals surface area contributed by atoms with Gasteiger partial charge in [-0.05, 0) is 55.5 Å². The van der Waals surface area contributed by atoms with Gasteiger partial charge in [0.15, 0.2) is 0 Å². The summed E-state index contributed by atoms with van der Waals surface area (Å²) in [6, 6.07) is 10.7. The van der Waals surface area contributed by atoms with Gasteiger partial charge in [0.2, 0.25) is 0 Å². The van der Waals surface area contributed by atoms with Gasteiger partial charge < -0.3 is 15.2 Å². The van der Waals surface area contributed by atoms with E-state index in [-0.39, 0.29) is 0 Å². The Labute approximate surface area is 204 Å². The second-order valence-electron chi connectivity index (χ2n) is 9.23. The summed E-state index contributed by atoms with van der Waals surface area (Å²) in [6.07, 6.45) is 12.3. The van der Waals surface area contributed by atoms with E-state index in [4.69, 9.17) is 0 Å². The minimum atomic E-state index is 0.869. The predicted octanol–water partition coefficient (Wildman–Crippen LogP) is 6.49. The van der Waals surface area contributed by atoms with E-state index < -0.39 is 0 Å². The van der Waals surface area contributed by atoms with E-state index in [0.29, 0.717) is 0 Å². The van der Waals surface area contributed by atoms with Crippen molar-refractivity contribution < 1.29 is 0 Å². The smallest absolute Gasteiger partial charge is 0.116 e. The SMILES string of the molecule is C=C(CC)Nc1cncc(-c2ccc3[nH]nc(-c4cc5c(N6CCCCC6)cncc5[nH]4)c3c2)c1. The number of aromatic amines is 2. The van der Waals surface area contributed by atoms with Crippen LogP contribution in [-0.4, -0.2) is 38.2 Å². The number of aromatic nitrogens is 5. The lowest BCUT2D eigenvalue weighted by Crippen LogP contribution is -2.29. The summed E-state index contributed by atoms with van der Waals surface area (Å²) in [5.41, 5.74) is 9.17. The molecule has 0 amide bonds. The first-order chi connectivity index (χ1) is 17.2. The fourth-order valence-corrected chi connectivity index (χ4v) is 4.91. The van der Waals surface area contributed by atoms with E-state index in [1.807, 2.05) is 24.8 Å². The van der Waals surface area contributed by atoms with Crippen molar-refractivity contribution in [2.75, 3.05) is 23.3 Å². The Kier molecular flexibility index (Phi) is 5.45. The maximum absolute atomic E-state index is 4.68. The van der Waals surface area contributed by atoms with E-state index in [9.17, 15) is 0 Å². The number of nitrogens with zero attached hydrogens (tertiary/aromatic N) is 4. The third-order valence-corrected chi connectivity index (χ3v) is 6.86. The molecule has 1 aliphatic rings. The van der Waals surface area contributed by atoms with E-state index in [0.717, 1.165) is 69.8 Å². The maximum Gasteiger partial charge on any atom is 0.116 e. The number of H-pyrrole nitrogens is 2. The van der Waals surface area contributed by atoms with Gasteiger partial charge in [-0.2, -0.15) is 5.10 Å². The molecule has 5 aromatic rings. The first-order valence-corrected chi connectivity index (χ1v) is 12.3. The zero-order valence-corrected chi connectivity index (χ0v) is 19.9. The van der Waals surface area contributed by atoms with Crippen LogP contribution in [0.3, 0.4) is 0 Å². The highest BCUT2D eigenvalue weighted by atomic mass is 15.1. The Hall–Kier alpha value is -4.13. The number of fused-ring (bicyclic) bond motifs is 2. The van der Waals surface area contributed by atoms with Crippen molar-refractivity contribution in [1.29, 1.82) is 0 Å². The zero-order valence-electron chi connectivity index (χ0n) is 19.9. The number of pyridine rings is 2. The van der Waals surface area contributed by atoms with Gasteiger partial charge in [-0.25, -0.2) is 0 Å². The second kappa shape index (κ2) is 8.91. The van der Waals surface area contributed by atoms with Crippen LogP contribution in [0.1, 0.15) is 32.6 Å². The van der Waals surface area contributed by atoms with Gasteiger partial charge in [0.05, 0.1) is 46.7 Å². The fraction of sp³-hybridized carbons (Fsp3) is 0.250. The first-order valence-electron chi connectivity index (χ1n) is 12.3. The van der Waals surface area contributed by atoms with Gasteiger partial charge in [-0.1, -0.05) is 19.6 Å². The van der Waals surface area contributed by atoms with Crippen molar-refractivity contribution in [1.82, 2.24) is 25.1 Å².